The minimum absolute atomic E-state index is 0.448. The summed E-state index contributed by atoms with van der Waals surface area (Å²) in [7, 11) is 1.68. The first-order valence-corrected chi connectivity index (χ1v) is 8.18. The molecule has 0 radical (unpaired) electrons. The number of benzene rings is 2. The molecule has 22 heavy (non-hydrogen) atoms. The summed E-state index contributed by atoms with van der Waals surface area (Å²) in [4.78, 5) is 0. The fraction of sp³-hybridized carbons (Fsp3) is 0.222. The van der Waals surface area contributed by atoms with Crippen molar-refractivity contribution in [2.24, 2.45) is 0 Å². The van der Waals surface area contributed by atoms with Crippen LogP contribution in [0.25, 0.3) is 10.8 Å². The second kappa shape index (κ2) is 6.92. The van der Waals surface area contributed by atoms with Crippen molar-refractivity contribution in [1.82, 2.24) is 5.32 Å². The minimum Gasteiger partial charge on any atom is -0.497 e. The van der Waals surface area contributed by atoms with E-state index in [1.165, 1.54) is 16.3 Å². The first-order valence-electron chi connectivity index (χ1n) is 7.24. The molecule has 1 aromatic heterocycles. The fourth-order valence-corrected chi connectivity index (χ4v) is 3.15. The molecule has 114 valence electrons. The summed E-state index contributed by atoms with van der Waals surface area (Å²) in [6.07, 6.45) is -0.448. The van der Waals surface area contributed by atoms with E-state index in [4.69, 9.17) is 4.74 Å². The van der Waals surface area contributed by atoms with E-state index in [0.717, 1.165) is 17.9 Å². The van der Waals surface area contributed by atoms with Crippen LogP contribution in [0, 0.1) is 0 Å². The van der Waals surface area contributed by atoms with E-state index in [1.54, 1.807) is 18.4 Å². The van der Waals surface area contributed by atoms with E-state index in [-0.39, 0.29) is 0 Å². The number of aliphatic hydroxyl groups excluding tert-OH is 1. The predicted molar refractivity (Wildman–Crippen MR) is 91.5 cm³/mol. The number of fused-ring (bicyclic) bond motifs is 1. The Kier molecular flexibility index (Phi) is 4.73. The minimum atomic E-state index is -0.448. The van der Waals surface area contributed by atoms with E-state index in [1.807, 2.05) is 29.0 Å². The summed E-state index contributed by atoms with van der Waals surface area (Å²) in [5.41, 5.74) is 2.18. The second-order valence-electron chi connectivity index (χ2n) is 5.25. The zero-order valence-corrected chi connectivity index (χ0v) is 13.3. The molecule has 0 saturated carbocycles. The maximum absolute atomic E-state index is 10.0. The molecule has 0 fully saturated rings. The third kappa shape index (κ3) is 3.47. The number of thiophene rings is 1. The van der Waals surface area contributed by atoms with E-state index in [2.05, 4.69) is 29.6 Å². The quantitative estimate of drug-likeness (QED) is 0.728. The van der Waals surface area contributed by atoms with Crippen LogP contribution in [-0.2, 0) is 6.54 Å². The largest absolute Gasteiger partial charge is 0.497 e. The van der Waals surface area contributed by atoms with Gasteiger partial charge in [-0.15, -0.1) is 0 Å². The molecule has 0 spiro atoms. The van der Waals surface area contributed by atoms with E-state index < -0.39 is 6.10 Å². The van der Waals surface area contributed by atoms with Crippen LogP contribution >= 0.6 is 11.3 Å². The Morgan fingerprint density at radius 1 is 1.14 bits per heavy atom. The van der Waals surface area contributed by atoms with Crippen LogP contribution in [0.4, 0.5) is 0 Å². The van der Waals surface area contributed by atoms with E-state index >= 15 is 0 Å². The molecule has 1 atom stereocenters. The molecule has 0 bridgehead atoms. The lowest BCUT2D eigenvalue weighted by Gasteiger charge is -2.11. The summed E-state index contributed by atoms with van der Waals surface area (Å²) in [6.45, 7) is 1.29. The van der Waals surface area contributed by atoms with Crippen LogP contribution in [0.15, 0.2) is 53.2 Å². The number of rotatable bonds is 6. The van der Waals surface area contributed by atoms with Crippen molar-refractivity contribution in [1.29, 1.82) is 0 Å². The van der Waals surface area contributed by atoms with Crippen molar-refractivity contribution in [3.8, 4) is 5.75 Å². The molecule has 4 heteroatoms. The van der Waals surface area contributed by atoms with Crippen LogP contribution in [-0.4, -0.2) is 18.8 Å². The molecule has 3 rings (SSSR count). The molecular weight excluding hydrogens is 294 g/mol. The van der Waals surface area contributed by atoms with Crippen LogP contribution in [0.5, 0.6) is 5.75 Å². The maximum Gasteiger partial charge on any atom is 0.119 e. The smallest absolute Gasteiger partial charge is 0.119 e. The Hall–Kier alpha value is -1.88. The van der Waals surface area contributed by atoms with Crippen molar-refractivity contribution in [3.63, 3.8) is 0 Å². The molecule has 0 aliphatic carbocycles. The van der Waals surface area contributed by atoms with Gasteiger partial charge in [-0.05, 0) is 56.9 Å². The Morgan fingerprint density at radius 2 is 1.95 bits per heavy atom. The summed E-state index contributed by atoms with van der Waals surface area (Å²) < 4.78 is 5.24. The number of hydrogen-bond donors (Lipinski definition) is 2. The van der Waals surface area contributed by atoms with Crippen molar-refractivity contribution < 1.29 is 9.84 Å². The monoisotopic (exact) mass is 313 g/mol. The van der Waals surface area contributed by atoms with Gasteiger partial charge in [0.05, 0.1) is 13.2 Å². The van der Waals surface area contributed by atoms with Gasteiger partial charge in [0.2, 0.25) is 0 Å². The van der Waals surface area contributed by atoms with Crippen LogP contribution < -0.4 is 10.1 Å². The van der Waals surface area contributed by atoms with Gasteiger partial charge in [-0.25, -0.2) is 0 Å². The first-order chi connectivity index (χ1) is 10.8. The molecule has 0 aliphatic heterocycles. The molecular formula is C18H19NO2S. The van der Waals surface area contributed by atoms with Gasteiger partial charge >= 0.3 is 0 Å². The van der Waals surface area contributed by atoms with Gasteiger partial charge in [-0.2, -0.15) is 11.3 Å². The Morgan fingerprint density at radius 3 is 2.73 bits per heavy atom. The Balaban J connectivity index is 1.62. The van der Waals surface area contributed by atoms with Crippen LogP contribution in [0.1, 0.15) is 17.2 Å². The van der Waals surface area contributed by atoms with Gasteiger partial charge < -0.3 is 15.2 Å². The second-order valence-corrected chi connectivity index (χ2v) is 6.03. The highest BCUT2D eigenvalue weighted by molar-refractivity contribution is 7.07. The number of methoxy groups -OCH3 is 1. The number of nitrogens with one attached hydrogen (secondary N) is 1. The van der Waals surface area contributed by atoms with Gasteiger partial charge in [-0.3, -0.25) is 0 Å². The Bertz CT molecular complexity index is 740. The molecule has 3 nitrogen and oxygen atoms in total. The fourth-order valence-electron chi connectivity index (χ4n) is 2.45. The molecule has 2 aromatic carbocycles. The number of aliphatic hydroxyl groups is 1. The highest BCUT2D eigenvalue weighted by Gasteiger charge is 2.07. The average molecular weight is 313 g/mol. The Labute approximate surface area is 134 Å². The average Bonchev–Trinajstić information content (AvgIpc) is 3.08. The third-order valence-corrected chi connectivity index (χ3v) is 4.41. The van der Waals surface area contributed by atoms with Crippen molar-refractivity contribution in [2.45, 2.75) is 12.6 Å². The number of ether oxygens (including phenoxy) is 1. The molecule has 0 aliphatic rings. The molecule has 1 heterocycles. The van der Waals surface area contributed by atoms with Gasteiger partial charge in [0.25, 0.3) is 0 Å². The standard InChI is InChI=1S/C18H19NO2S/c1-21-17-5-4-14-8-13(2-3-15(14)9-17)10-19-11-18(20)16-6-7-22-12-16/h2-9,12,18-20H,10-11H2,1H3. The summed E-state index contributed by atoms with van der Waals surface area (Å²) >= 11 is 1.60. The summed E-state index contributed by atoms with van der Waals surface area (Å²) in [5.74, 6) is 0.872. The zero-order valence-electron chi connectivity index (χ0n) is 12.5. The van der Waals surface area contributed by atoms with E-state index in [0.29, 0.717) is 6.54 Å². The molecule has 3 aromatic rings. The topological polar surface area (TPSA) is 41.5 Å². The summed E-state index contributed by atoms with van der Waals surface area (Å²) in [5, 5.41) is 19.7. The van der Waals surface area contributed by atoms with E-state index in [9.17, 15) is 5.11 Å². The molecule has 1 unspecified atom stereocenters. The first kappa shape index (κ1) is 15.0. The van der Waals surface area contributed by atoms with Gasteiger partial charge in [0, 0.05) is 13.1 Å². The SMILES string of the molecule is COc1ccc2cc(CNCC(O)c3ccsc3)ccc2c1. The lowest BCUT2D eigenvalue weighted by Crippen LogP contribution is -2.20. The summed E-state index contributed by atoms with van der Waals surface area (Å²) in [6, 6.07) is 14.4. The third-order valence-electron chi connectivity index (χ3n) is 3.71. The lowest BCUT2D eigenvalue weighted by molar-refractivity contribution is 0.175. The maximum atomic E-state index is 10.0. The van der Waals surface area contributed by atoms with Crippen molar-refractivity contribution in [3.05, 3.63) is 64.4 Å². The number of hydrogen-bond acceptors (Lipinski definition) is 4. The van der Waals surface area contributed by atoms with Gasteiger partial charge in [0.15, 0.2) is 0 Å². The lowest BCUT2D eigenvalue weighted by atomic mass is 10.1. The molecule has 2 N–H and O–H groups in total. The predicted octanol–water partition coefficient (Wildman–Crippen LogP) is 3.73. The molecule has 0 saturated heterocycles. The van der Waals surface area contributed by atoms with Crippen LogP contribution in [0.3, 0.4) is 0 Å². The molecule has 0 amide bonds. The normalized spacial score (nSPS) is 12.5. The highest BCUT2D eigenvalue weighted by atomic mass is 32.1. The van der Waals surface area contributed by atoms with Gasteiger partial charge in [0.1, 0.15) is 5.75 Å². The van der Waals surface area contributed by atoms with Gasteiger partial charge in [-0.1, -0.05) is 18.2 Å². The zero-order chi connectivity index (χ0) is 15.4. The van der Waals surface area contributed by atoms with Crippen molar-refractivity contribution >= 4 is 22.1 Å². The van der Waals surface area contributed by atoms with Crippen molar-refractivity contribution in [2.75, 3.05) is 13.7 Å². The van der Waals surface area contributed by atoms with Crippen LogP contribution in [0.2, 0.25) is 0 Å². The highest BCUT2D eigenvalue weighted by Crippen LogP contribution is 2.22.